The highest BCUT2D eigenvalue weighted by Crippen LogP contribution is 2.27. The Morgan fingerprint density at radius 1 is 1.61 bits per heavy atom. The fourth-order valence-corrected chi connectivity index (χ4v) is 2.82. The zero-order chi connectivity index (χ0) is 13.1. The van der Waals surface area contributed by atoms with Gasteiger partial charge in [-0.3, -0.25) is 0 Å². The van der Waals surface area contributed by atoms with Crippen LogP contribution in [-0.2, 0) is 11.3 Å². The number of hydrogen-bond donors (Lipinski definition) is 1. The smallest absolute Gasteiger partial charge is 0.133 e. The number of aromatic nitrogens is 1. The molecule has 1 aromatic rings. The van der Waals surface area contributed by atoms with Crippen molar-refractivity contribution < 1.29 is 4.74 Å². The molecule has 2 heterocycles. The molecular formula is C13H20BrN3O. The third kappa shape index (κ3) is 2.84. The summed E-state index contributed by atoms with van der Waals surface area (Å²) in [6.45, 7) is 4.65. The molecule has 0 saturated carbocycles. The third-order valence-electron chi connectivity index (χ3n) is 3.62. The van der Waals surface area contributed by atoms with E-state index in [1.54, 1.807) is 7.11 Å². The van der Waals surface area contributed by atoms with Crippen LogP contribution in [0.3, 0.4) is 0 Å². The second kappa shape index (κ2) is 5.99. The quantitative estimate of drug-likeness (QED) is 0.929. The minimum atomic E-state index is 0.273. The SMILES string of the molecule is COC1CN(c2ncc(Br)cc2CN)CCC1C. The first kappa shape index (κ1) is 13.8. The van der Waals surface area contributed by atoms with Gasteiger partial charge in [0.2, 0.25) is 0 Å². The number of nitrogens with two attached hydrogens (primary N) is 1. The molecule has 4 nitrogen and oxygen atoms in total. The Balaban J connectivity index is 2.21. The molecule has 1 saturated heterocycles. The molecule has 0 amide bonds. The van der Waals surface area contributed by atoms with Crippen LogP contribution < -0.4 is 10.6 Å². The number of pyridine rings is 1. The minimum absolute atomic E-state index is 0.273. The number of methoxy groups -OCH3 is 1. The second-order valence-electron chi connectivity index (χ2n) is 4.83. The molecule has 1 aliphatic rings. The second-order valence-corrected chi connectivity index (χ2v) is 5.74. The summed E-state index contributed by atoms with van der Waals surface area (Å²) in [5.41, 5.74) is 6.88. The van der Waals surface area contributed by atoms with Crippen molar-refractivity contribution in [3.05, 3.63) is 22.3 Å². The third-order valence-corrected chi connectivity index (χ3v) is 4.05. The van der Waals surface area contributed by atoms with Crippen molar-refractivity contribution >= 4 is 21.7 Å². The first-order chi connectivity index (χ1) is 8.65. The number of piperidine rings is 1. The average molecular weight is 314 g/mol. The maximum Gasteiger partial charge on any atom is 0.133 e. The maximum atomic E-state index is 5.80. The summed E-state index contributed by atoms with van der Waals surface area (Å²) in [6.07, 6.45) is 3.23. The summed E-state index contributed by atoms with van der Waals surface area (Å²) < 4.78 is 6.51. The molecule has 0 aromatic carbocycles. The number of nitrogens with zero attached hydrogens (tertiary/aromatic N) is 2. The molecule has 18 heavy (non-hydrogen) atoms. The van der Waals surface area contributed by atoms with Crippen LogP contribution in [0.15, 0.2) is 16.7 Å². The van der Waals surface area contributed by atoms with E-state index in [0.29, 0.717) is 12.5 Å². The van der Waals surface area contributed by atoms with Crippen molar-refractivity contribution in [2.75, 3.05) is 25.1 Å². The van der Waals surface area contributed by atoms with Crippen molar-refractivity contribution in [2.45, 2.75) is 26.0 Å². The van der Waals surface area contributed by atoms with E-state index in [2.05, 4.69) is 32.7 Å². The van der Waals surface area contributed by atoms with Gasteiger partial charge in [0.15, 0.2) is 0 Å². The van der Waals surface area contributed by atoms with E-state index < -0.39 is 0 Å². The number of anilines is 1. The van der Waals surface area contributed by atoms with Gasteiger partial charge in [0.25, 0.3) is 0 Å². The number of rotatable bonds is 3. The highest BCUT2D eigenvalue weighted by Gasteiger charge is 2.27. The van der Waals surface area contributed by atoms with E-state index in [4.69, 9.17) is 10.5 Å². The van der Waals surface area contributed by atoms with Crippen molar-refractivity contribution in [2.24, 2.45) is 11.7 Å². The summed E-state index contributed by atoms with van der Waals surface area (Å²) in [5.74, 6) is 1.60. The Morgan fingerprint density at radius 2 is 2.39 bits per heavy atom. The Kier molecular flexibility index (Phi) is 4.59. The zero-order valence-corrected chi connectivity index (χ0v) is 12.5. The topological polar surface area (TPSA) is 51.4 Å². The van der Waals surface area contributed by atoms with Gasteiger partial charge in [0, 0.05) is 43.0 Å². The summed E-state index contributed by atoms with van der Waals surface area (Å²) in [5, 5.41) is 0. The van der Waals surface area contributed by atoms with Gasteiger partial charge in [-0.05, 0) is 34.3 Å². The van der Waals surface area contributed by atoms with Crippen molar-refractivity contribution in [1.29, 1.82) is 0 Å². The lowest BCUT2D eigenvalue weighted by molar-refractivity contribution is 0.0496. The lowest BCUT2D eigenvalue weighted by atomic mass is 9.95. The number of halogens is 1. The van der Waals surface area contributed by atoms with E-state index in [1.807, 2.05) is 12.3 Å². The predicted octanol–water partition coefficient (Wildman–Crippen LogP) is 2.16. The van der Waals surface area contributed by atoms with Crippen LogP contribution in [0.25, 0.3) is 0 Å². The summed E-state index contributed by atoms with van der Waals surface area (Å²) in [6, 6.07) is 2.04. The van der Waals surface area contributed by atoms with Gasteiger partial charge in [0.05, 0.1) is 6.10 Å². The van der Waals surface area contributed by atoms with Gasteiger partial charge in [0.1, 0.15) is 5.82 Å². The van der Waals surface area contributed by atoms with Gasteiger partial charge >= 0.3 is 0 Å². The first-order valence-corrected chi connectivity index (χ1v) is 7.07. The lowest BCUT2D eigenvalue weighted by Gasteiger charge is -2.37. The summed E-state index contributed by atoms with van der Waals surface area (Å²) in [7, 11) is 1.78. The number of hydrogen-bond acceptors (Lipinski definition) is 4. The molecule has 0 spiro atoms. The molecule has 0 radical (unpaired) electrons. The Hall–Kier alpha value is -0.650. The molecule has 5 heteroatoms. The highest BCUT2D eigenvalue weighted by molar-refractivity contribution is 9.10. The molecule has 2 rings (SSSR count). The van der Waals surface area contributed by atoms with Crippen LogP contribution in [0.4, 0.5) is 5.82 Å². The van der Waals surface area contributed by atoms with Gasteiger partial charge in [-0.25, -0.2) is 4.98 Å². The molecular weight excluding hydrogens is 294 g/mol. The molecule has 0 aliphatic carbocycles. The Bertz CT molecular complexity index is 413. The summed E-state index contributed by atoms with van der Waals surface area (Å²) >= 11 is 3.43. The summed E-state index contributed by atoms with van der Waals surface area (Å²) in [4.78, 5) is 6.79. The predicted molar refractivity (Wildman–Crippen MR) is 76.6 cm³/mol. The molecule has 1 fully saturated rings. The van der Waals surface area contributed by atoms with E-state index in [1.165, 1.54) is 0 Å². The zero-order valence-electron chi connectivity index (χ0n) is 10.9. The van der Waals surface area contributed by atoms with E-state index in [-0.39, 0.29) is 6.10 Å². The van der Waals surface area contributed by atoms with E-state index in [9.17, 15) is 0 Å². The van der Waals surface area contributed by atoms with Crippen LogP contribution in [0.5, 0.6) is 0 Å². The first-order valence-electron chi connectivity index (χ1n) is 6.28. The average Bonchev–Trinajstić information content (AvgIpc) is 2.39. The van der Waals surface area contributed by atoms with Crippen LogP contribution >= 0.6 is 15.9 Å². The van der Waals surface area contributed by atoms with Crippen molar-refractivity contribution in [3.63, 3.8) is 0 Å². The van der Waals surface area contributed by atoms with Gasteiger partial charge in [-0.1, -0.05) is 6.92 Å². The monoisotopic (exact) mass is 313 g/mol. The Labute approximate surface area is 117 Å². The molecule has 0 bridgehead atoms. The molecule has 1 aromatic heterocycles. The fourth-order valence-electron chi connectivity index (χ4n) is 2.44. The molecule has 1 aliphatic heterocycles. The van der Waals surface area contributed by atoms with Crippen LogP contribution in [0.2, 0.25) is 0 Å². The van der Waals surface area contributed by atoms with Crippen LogP contribution in [-0.4, -0.2) is 31.3 Å². The minimum Gasteiger partial charge on any atom is -0.379 e. The molecule has 100 valence electrons. The van der Waals surface area contributed by atoms with Gasteiger partial charge in [-0.2, -0.15) is 0 Å². The molecule has 2 unspecified atom stereocenters. The van der Waals surface area contributed by atoms with Gasteiger partial charge < -0.3 is 15.4 Å². The molecule has 2 N–H and O–H groups in total. The highest BCUT2D eigenvalue weighted by atomic mass is 79.9. The van der Waals surface area contributed by atoms with Crippen molar-refractivity contribution in [3.8, 4) is 0 Å². The fraction of sp³-hybridized carbons (Fsp3) is 0.615. The number of ether oxygens (including phenoxy) is 1. The van der Waals surface area contributed by atoms with Crippen molar-refractivity contribution in [1.82, 2.24) is 4.98 Å². The maximum absolute atomic E-state index is 5.80. The van der Waals surface area contributed by atoms with E-state index >= 15 is 0 Å². The Morgan fingerprint density at radius 3 is 3.06 bits per heavy atom. The lowest BCUT2D eigenvalue weighted by Crippen LogP contribution is -2.44. The standard InChI is InChI=1S/C13H20BrN3O/c1-9-3-4-17(8-12(9)18-2)13-10(6-15)5-11(14)7-16-13/h5,7,9,12H,3-4,6,8,15H2,1-2H3. The molecule has 2 atom stereocenters. The van der Waals surface area contributed by atoms with Crippen LogP contribution in [0.1, 0.15) is 18.9 Å². The largest absolute Gasteiger partial charge is 0.379 e. The van der Waals surface area contributed by atoms with Gasteiger partial charge in [-0.15, -0.1) is 0 Å². The van der Waals surface area contributed by atoms with Crippen LogP contribution in [0, 0.1) is 5.92 Å². The normalized spacial score (nSPS) is 24.3. The van der Waals surface area contributed by atoms with E-state index in [0.717, 1.165) is 35.4 Å².